The van der Waals surface area contributed by atoms with Crippen LogP contribution in [-0.2, 0) is 6.54 Å². The van der Waals surface area contributed by atoms with Gasteiger partial charge >= 0.3 is 6.03 Å². The summed E-state index contributed by atoms with van der Waals surface area (Å²) in [5.74, 6) is 5.75. The first kappa shape index (κ1) is 12.6. The molecule has 0 radical (unpaired) electrons. The van der Waals surface area contributed by atoms with Crippen LogP contribution in [0.15, 0.2) is 12.1 Å². The number of urea groups is 1. The molecule has 86 valence electrons. The molecule has 0 aliphatic rings. The molecule has 0 saturated carbocycles. The first-order valence-electron chi connectivity index (χ1n) is 4.86. The first-order valence-corrected chi connectivity index (χ1v) is 5.68. The quantitative estimate of drug-likeness (QED) is 0.749. The van der Waals surface area contributed by atoms with Crippen molar-refractivity contribution in [2.24, 2.45) is 5.73 Å². The van der Waals surface area contributed by atoms with Gasteiger partial charge in [-0.1, -0.05) is 11.8 Å². The van der Waals surface area contributed by atoms with Gasteiger partial charge in [-0.25, -0.2) is 4.79 Å². The molecule has 0 spiro atoms. The Morgan fingerprint density at radius 1 is 1.56 bits per heavy atom. The molecule has 0 bridgehead atoms. The van der Waals surface area contributed by atoms with Gasteiger partial charge in [0.1, 0.15) is 0 Å². The third kappa shape index (κ3) is 3.93. The van der Waals surface area contributed by atoms with Crippen molar-refractivity contribution >= 4 is 17.4 Å². The van der Waals surface area contributed by atoms with Crippen molar-refractivity contribution in [3.63, 3.8) is 0 Å². The van der Waals surface area contributed by atoms with Crippen LogP contribution < -0.4 is 11.1 Å². The minimum absolute atomic E-state index is 0.0945. The molecule has 4 nitrogen and oxygen atoms in total. The van der Waals surface area contributed by atoms with Crippen LogP contribution in [0.3, 0.4) is 0 Å². The van der Waals surface area contributed by atoms with E-state index in [0.29, 0.717) is 13.1 Å². The molecule has 1 aromatic rings. The fourth-order valence-electron chi connectivity index (χ4n) is 0.999. The number of nitrogens with one attached hydrogen (secondary N) is 1. The van der Waals surface area contributed by atoms with Crippen LogP contribution in [0.5, 0.6) is 0 Å². The van der Waals surface area contributed by atoms with Gasteiger partial charge in [-0.2, -0.15) is 0 Å². The zero-order chi connectivity index (χ0) is 12.0. The highest BCUT2D eigenvalue weighted by molar-refractivity contribution is 7.12. The highest BCUT2D eigenvalue weighted by Crippen LogP contribution is 2.14. The maximum Gasteiger partial charge on any atom is 0.317 e. The molecular formula is C11H15N3OS. The standard InChI is InChI=1S/C11H15N3OS/c1-14(2)11(15)13-8-10-6-5-9(16-10)4-3-7-12/h5-6H,7-8,12H2,1-2H3,(H,13,15). The number of hydrogen-bond donors (Lipinski definition) is 2. The van der Waals surface area contributed by atoms with Gasteiger partial charge in [0, 0.05) is 19.0 Å². The van der Waals surface area contributed by atoms with Crippen molar-refractivity contribution in [2.45, 2.75) is 6.54 Å². The summed E-state index contributed by atoms with van der Waals surface area (Å²) in [6, 6.07) is 3.80. The van der Waals surface area contributed by atoms with E-state index in [9.17, 15) is 4.79 Å². The molecule has 0 fully saturated rings. The molecular weight excluding hydrogens is 222 g/mol. The largest absolute Gasteiger partial charge is 0.333 e. The Kier molecular flexibility index (Phi) is 4.83. The zero-order valence-corrected chi connectivity index (χ0v) is 10.2. The summed E-state index contributed by atoms with van der Waals surface area (Å²) in [6.07, 6.45) is 0. The minimum Gasteiger partial charge on any atom is -0.333 e. The first-order chi connectivity index (χ1) is 7.63. The Hall–Kier alpha value is -1.51. The Morgan fingerprint density at radius 2 is 2.31 bits per heavy atom. The molecule has 0 atom stereocenters. The van der Waals surface area contributed by atoms with E-state index in [1.165, 1.54) is 4.90 Å². The second-order valence-corrected chi connectivity index (χ2v) is 4.49. The van der Waals surface area contributed by atoms with Crippen LogP contribution in [0, 0.1) is 11.8 Å². The summed E-state index contributed by atoms with van der Waals surface area (Å²) < 4.78 is 0. The predicted octanol–water partition coefficient (Wildman–Crippen LogP) is 0.830. The molecule has 0 aliphatic carbocycles. The fourth-order valence-corrected chi connectivity index (χ4v) is 1.82. The third-order valence-corrected chi connectivity index (χ3v) is 2.80. The molecule has 1 rings (SSSR count). The number of hydrogen-bond acceptors (Lipinski definition) is 3. The van der Waals surface area contributed by atoms with E-state index < -0.39 is 0 Å². The molecule has 0 unspecified atom stereocenters. The van der Waals surface area contributed by atoms with Gasteiger partial charge in [0.2, 0.25) is 0 Å². The number of carbonyl (C=O) groups is 1. The number of rotatable bonds is 2. The van der Waals surface area contributed by atoms with Crippen LogP contribution in [-0.4, -0.2) is 31.6 Å². The van der Waals surface area contributed by atoms with E-state index in [4.69, 9.17) is 5.73 Å². The monoisotopic (exact) mass is 237 g/mol. The lowest BCUT2D eigenvalue weighted by Gasteiger charge is -2.10. The van der Waals surface area contributed by atoms with E-state index in [-0.39, 0.29) is 6.03 Å². The van der Waals surface area contributed by atoms with Crippen molar-refractivity contribution in [1.82, 2.24) is 10.2 Å². The Balaban J connectivity index is 2.49. The summed E-state index contributed by atoms with van der Waals surface area (Å²) >= 11 is 1.56. The number of thiophene rings is 1. The lowest BCUT2D eigenvalue weighted by Crippen LogP contribution is -2.33. The molecule has 2 amide bonds. The van der Waals surface area contributed by atoms with Crippen molar-refractivity contribution in [3.05, 3.63) is 21.9 Å². The lowest BCUT2D eigenvalue weighted by molar-refractivity contribution is 0.217. The van der Waals surface area contributed by atoms with Crippen LogP contribution in [0.4, 0.5) is 4.79 Å². The molecule has 0 saturated heterocycles. The normalized spacial score (nSPS) is 9.19. The van der Waals surface area contributed by atoms with E-state index >= 15 is 0 Å². The van der Waals surface area contributed by atoms with Crippen molar-refractivity contribution in [1.29, 1.82) is 0 Å². The maximum absolute atomic E-state index is 11.3. The molecule has 5 heteroatoms. The van der Waals surface area contributed by atoms with Gasteiger partial charge in [-0.05, 0) is 12.1 Å². The lowest BCUT2D eigenvalue weighted by atomic mass is 10.4. The molecule has 16 heavy (non-hydrogen) atoms. The van der Waals surface area contributed by atoms with Crippen molar-refractivity contribution < 1.29 is 4.79 Å². The third-order valence-electron chi connectivity index (χ3n) is 1.80. The topological polar surface area (TPSA) is 58.4 Å². The van der Waals surface area contributed by atoms with Gasteiger partial charge in [0.05, 0.1) is 18.0 Å². The van der Waals surface area contributed by atoms with Crippen LogP contribution in [0.25, 0.3) is 0 Å². The highest BCUT2D eigenvalue weighted by atomic mass is 32.1. The predicted molar refractivity (Wildman–Crippen MR) is 66.2 cm³/mol. The Bertz CT molecular complexity index is 414. The van der Waals surface area contributed by atoms with Gasteiger partial charge in [0.25, 0.3) is 0 Å². The maximum atomic E-state index is 11.3. The molecule has 3 N–H and O–H groups in total. The van der Waals surface area contributed by atoms with Gasteiger partial charge in [0.15, 0.2) is 0 Å². The van der Waals surface area contributed by atoms with Gasteiger partial charge in [-0.15, -0.1) is 11.3 Å². The second kappa shape index (κ2) is 6.16. The summed E-state index contributed by atoms with van der Waals surface area (Å²) in [6.45, 7) is 0.899. The molecule has 0 aromatic carbocycles. The van der Waals surface area contributed by atoms with Crippen molar-refractivity contribution in [2.75, 3.05) is 20.6 Å². The smallest absolute Gasteiger partial charge is 0.317 e. The second-order valence-electron chi connectivity index (χ2n) is 3.32. The Labute approximate surface area is 99.4 Å². The van der Waals surface area contributed by atoms with Crippen LogP contribution >= 0.6 is 11.3 Å². The Morgan fingerprint density at radius 3 is 2.94 bits per heavy atom. The van der Waals surface area contributed by atoms with Gasteiger partial charge < -0.3 is 16.0 Å². The average Bonchev–Trinajstić information content (AvgIpc) is 2.70. The van der Waals surface area contributed by atoms with Crippen LogP contribution in [0.2, 0.25) is 0 Å². The summed E-state index contributed by atoms with van der Waals surface area (Å²) in [5.41, 5.74) is 5.28. The van der Waals surface area contributed by atoms with E-state index in [0.717, 1.165) is 9.75 Å². The SMILES string of the molecule is CN(C)C(=O)NCc1ccc(C#CCN)s1. The summed E-state index contributed by atoms with van der Waals surface area (Å²) in [7, 11) is 3.42. The van der Waals surface area contributed by atoms with E-state index in [1.807, 2.05) is 12.1 Å². The van der Waals surface area contributed by atoms with E-state index in [1.54, 1.807) is 25.4 Å². The van der Waals surface area contributed by atoms with Crippen LogP contribution in [0.1, 0.15) is 9.75 Å². The number of nitrogens with zero attached hydrogens (tertiary/aromatic N) is 1. The minimum atomic E-state index is -0.0945. The van der Waals surface area contributed by atoms with E-state index in [2.05, 4.69) is 17.2 Å². The summed E-state index contributed by atoms with van der Waals surface area (Å²) in [4.78, 5) is 14.8. The molecule has 0 aliphatic heterocycles. The number of carbonyl (C=O) groups excluding carboxylic acids is 1. The molecule has 1 aromatic heterocycles. The highest BCUT2D eigenvalue weighted by Gasteiger charge is 2.03. The fraction of sp³-hybridized carbons (Fsp3) is 0.364. The zero-order valence-electron chi connectivity index (χ0n) is 9.41. The van der Waals surface area contributed by atoms with Gasteiger partial charge in [-0.3, -0.25) is 0 Å². The molecule has 1 heterocycles. The summed E-state index contributed by atoms with van der Waals surface area (Å²) in [5, 5.41) is 2.79. The number of amides is 2. The average molecular weight is 237 g/mol. The van der Waals surface area contributed by atoms with Crippen molar-refractivity contribution in [3.8, 4) is 11.8 Å². The number of nitrogens with two attached hydrogens (primary N) is 1.